The summed E-state index contributed by atoms with van der Waals surface area (Å²) >= 11 is 0. The Bertz CT molecular complexity index is 652. The van der Waals surface area contributed by atoms with E-state index < -0.39 is 15.7 Å². The number of hydrogen-bond acceptors (Lipinski definition) is 4. The van der Waals surface area contributed by atoms with E-state index in [1.165, 1.54) is 29.2 Å². The van der Waals surface area contributed by atoms with Gasteiger partial charge in [-0.15, -0.1) is 0 Å². The van der Waals surface area contributed by atoms with Crippen LogP contribution in [0.3, 0.4) is 0 Å². The summed E-state index contributed by atoms with van der Waals surface area (Å²) in [6.45, 7) is 2.38. The first-order chi connectivity index (χ1) is 8.53. The highest BCUT2D eigenvalue weighted by Gasteiger charge is 2.19. The number of hydrogen-bond donors (Lipinski definition) is 0. The summed E-state index contributed by atoms with van der Waals surface area (Å²) in [4.78, 5) is 3.85. The number of halogens is 1. The van der Waals surface area contributed by atoms with Crippen LogP contribution in [0.5, 0.6) is 0 Å². The van der Waals surface area contributed by atoms with Crippen LogP contribution in [0, 0.1) is 5.82 Å². The largest absolute Gasteiger partial charge is 0.249 e. The Morgan fingerprint density at radius 3 is 2.83 bits per heavy atom. The second kappa shape index (κ2) is 4.85. The van der Waals surface area contributed by atoms with E-state index in [9.17, 15) is 12.8 Å². The van der Waals surface area contributed by atoms with Crippen LogP contribution < -0.4 is 0 Å². The lowest BCUT2D eigenvalue weighted by molar-refractivity contribution is 0.580. The fourth-order valence-corrected chi connectivity index (χ4v) is 2.89. The molecule has 5 nitrogen and oxygen atoms in total. The average Bonchev–Trinajstić information content (AvgIpc) is 2.75. The van der Waals surface area contributed by atoms with Crippen molar-refractivity contribution in [2.75, 3.05) is 0 Å². The molecule has 96 valence electrons. The quantitative estimate of drug-likeness (QED) is 0.841. The molecule has 1 aromatic carbocycles. The van der Waals surface area contributed by atoms with Crippen molar-refractivity contribution in [2.45, 2.75) is 24.1 Å². The van der Waals surface area contributed by atoms with Gasteiger partial charge in [0.1, 0.15) is 23.7 Å². The zero-order chi connectivity index (χ0) is 13.2. The Morgan fingerprint density at radius 1 is 1.39 bits per heavy atom. The molecule has 0 amide bonds. The van der Waals surface area contributed by atoms with Gasteiger partial charge in [0.05, 0.1) is 4.90 Å². The predicted octanol–water partition coefficient (Wildman–Crippen LogP) is 1.41. The van der Waals surface area contributed by atoms with Crippen molar-refractivity contribution in [3.63, 3.8) is 0 Å². The molecule has 0 spiro atoms. The third kappa shape index (κ3) is 2.56. The number of rotatable bonds is 4. The number of aromatic nitrogens is 3. The van der Waals surface area contributed by atoms with Crippen LogP contribution in [0.4, 0.5) is 4.39 Å². The molecule has 0 atom stereocenters. The van der Waals surface area contributed by atoms with Gasteiger partial charge in [0.25, 0.3) is 0 Å². The molecule has 0 fully saturated rings. The fourth-order valence-electron chi connectivity index (χ4n) is 1.58. The summed E-state index contributed by atoms with van der Waals surface area (Å²) in [7, 11) is -3.60. The average molecular weight is 269 g/mol. The van der Waals surface area contributed by atoms with E-state index in [-0.39, 0.29) is 10.6 Å². The van der Waals surface area contributed by atoms with Gasteiger partial charge in [0, 0.05) is 6.54 Å². The molecule has 0 aliphatic carbocycles. The van der Waals surface area contributed by atoms with Gasteiger partial charge in [-0.2, -0.15) is 5.10 Å². The van der Waals surface area contributed by atoms with Crippen LogP contribution in [0.1, 0.15) is 12.7 Å². The van der Waals surface area contributed by atoms with Gasteiger partial charge in [0.2, 0.25) is 0 Å². The Balaban J connectivity index is 2.33. The maximum absolute atomic E-state index is 13.0. The summed E-state index contributed by atoms with van der Waals surface area (Å²) < 4.78 is 38.7. The van der Waals surface area contributed by atoms with E-state index in [0.29, 0.717) is 12.4 Å². The number of nitrogens with zero attached hydrogens (tertiary/aromatic N) is 3. The molecule has 2 aromatic rings. The summed E-state index contributed by atoms with van der Waals surface area (Å²) in [6, 6.07) is 4.94. The van der Waals surface area contributed by atoms with Crippen LogP contribution in [-0.4, -0.2) is 23.2 Å². The molecule has 0 radical (unpaired) electrons. The first-order valence-corrected chi connectivity index (χ1v) is 7.03. The lowest BCUT2D eigenvalue weighted by Crippen LogP contribution is -2.11. The highest BCUT2D eigenvalue weighted by atomic mass is 32.2. The molecule has 18 heavy (non-hydrogen) atoms. The van der Waals surface area contributed by atoms with Crippen molar-refractivity contribution in [3.8, 4) is 0 Å². The van der Waals surface area contributed by atoms with Crippen LogP contribution in [0.25, 0.3) is 0 Å². The minimum Gasteiger partial charge on any atom is -0.249 e. The van der Waals surface area contributed by atoms with Crippen LogP contribution in [-0.2, 0) is 22.1 Å². The van der Waals surface area contributed by atoms with Gasteiger partial charge < -0.3 is 0 Å². The van der Waals surface area contributed by atoms with Gasteiger partial charge in [-0.3, -0.25) is 0 Å². The maximum Gasteiger partial charge on any atom is 0.185 e. The smallest absolute Gasteiger partial charge is 0.185 e. The molecule has 0 N–H and O–H groups in total. The van der Waals surface area contributed by atoms with Crippen molar-refractivity contribution >= 4 is 9.84 Å². The van der Waals surface area contributed by atoms with Crippen LogP contribution in [0.15, 0.2) is 35.5 Å². The normalized spacial score (nSPS) is 11.7. The van der Waals surface area contributed by atoms with Gasteiger partial charge in [0.15, 0.2) is 9.84 Å². The maximum atomic E-state index is 13.0. The molecule has 1 aromatic heterocycles. The zero-order valence-electron chi connectivity index (χ0n) is 9.75. The Kier molecular flexibility index (Phi) is 3.42. The second-order valence-corrected chi connectivity index (χ2v) is 5.70. The molecular weight excluding hydrogens is 257 g/mol. The highest BCUT2D eigenvalue weighted by molar-refractivity contribution is 7.90. The summed E-state index contributed by atoms with van der Waals surface area (Å²) in [5.74, 6) is -0.514. The standard InChI is InChI=1S/C11H12FN3O2S/c1-2-15-11(13-8-14-15)7-18(16,17)10-5-3-4-9(12)6-10/h3-6,8H,2,7H2,1H3. The molecule has 7 heteroatoms. The zero-order valence-corrected chi connectivity index (χ0v) is 10.6. The number of benzene rings is 1. The van der Waals surface area contributed by atoms with E-state index in [1.54, 1.807) is 0 Å². The lowest BCUT2D eigenvalue weighted by atomic mass is 10.4. The number of sulfone groups is 1. The summed E-state index contributed by atoms with van der Waals surface area (Å²) in [5.41, 5.74) is 0. The number of aryl methyl sites for hydroxylation is 1. The first kappa shape index (κ1) is 12.7. The van der Waals surface area contributed by atoms with Crippen molar-refractivity contribution in [2.24, 2.45) is 0 Å². The van der Waals surface area contributed by atoms with Gasteiger partial charge in [-0.05, 0) is 25.1 Å². The molecule has 0 aliphatic rings. The molecule has 0 saturated heterocycles. The SMILES string of the molecule is CCn1ncnc1CS(=O)(=O)c1cccc(F)c1. The third-order valence-electron chi connectivity index (χ3n) is 2.47. The van der Waals surface area contributed by atoms with Gasteiger partial charge in [-0.25, -0.2) is 22.5 Å². The minimum absolute atomic E-state index is 0.0480. The van der Waals surface area contributed by atoms with Crippen molar-refractivity contribution in [3.05, 3.63) is 42.2 Å². The van der Waals surface area contributed by atoms with E-state index in [2.05, 4.69) is 10.1 Å². The van der Waals surface area contributed by atoms with E-state index in [1.807, 2.05) is 6.92 Å². The van der Waals surface area contributed by atoms with E-state index >= 15 is 0 Å². The highest BCUT2D eigenvalue weighted by Crippen LogP contribution is 2.16. The van der Waals surface area contributed by atoms with Crippen LogP contribution in [0.2, 0.25) is 0 Å². The van der Waals surface area contributed by atoms with Crippen LogP contribution >= 0.6 is 0 Å². The molecule has 0 unspecified atom stereocenters. The molecule has 0 saturated carbocycles. The summed E-state index contributed by atoms with van der Waals surface area (Å²) in [6.07, 6.45) is 1.31. The topological polar surface area (TPSA) is 64.8 Å². The van der Waals surface area contributed by atoms with E-state index in [4.69, 9.17) is 0 Å². The molecule has 0 aliphatic heterocycles. The van der Waals surface area contributed by atoms with E-state index in [0.717, 1.165) is 6.07 Å². The molecule has 2 rings (SSSR count). The predicted molar refractivity (Wildman–Crippen MR) is 63.0 cm³/mol. The van der Waals surface area contributed by atoms with Crippen molar-refractivity contribution < 1.29 is 12.8 Å². The second-order valence-electron chi connectivity index (χ2n) is 3.71. The Morgan fingerprint density at radius 2 is 2.17 bits per heavy atom. The van der Waals surface area contributed by atoms with Crippen molar-refractivity contribution in [1.29, 1.82) is 0 Å². The first-order valence-electron chi connectivity index (χ1n) is 5.38. The van der Waals surface area contributed by atoms with Gasteiger partial charge in [-0.1, -0.05) is 6.07 Å². The monoisotopic (exact) mass is 269 g/mol. The van der Waals surface area contributed by atoms with Crippen molar-refractivity contribution in [1.82, 2.24) is 14.8 Å². The molecule has 0 bridgehead atoms. The minimum atomic E-state index is -3.60. The summed E-state index contributed by atoms with van der Waals surface area (Å²) in [5, 5.41) is 3.90. The third-order valence-corrected chi connectivity index (χ3v) is 4.08. The Hall–Kier alpha value is -1.76. The van der Waals surface area contributed by atoms with Gasteiger partial charge >= 0.3 is 0 Å². The molecular formula is C11H12FN3O2S. The molecule has 1 heterocycles. The fraction of sp³-hybridized carbons (Fsp3) is 0.273. The Labute approximate surface area is 104 Å². The lowest BCUT2D eigenvalue weighted by Gasteiger charge is -2.05.